The number of unbranched alkanes of at least 4 members (excludes halogenated alkanes) is 2. The van der Waals surface area contributed by atoms with Gasteiger partial charge in [0.15, 0.2) is 5.76 Å². The van der Waals surface area contributed by atoms with Crippen molar-refractivity contribution < 1.29 is 27.9 Å². The zero-order valence-corrected chi connectivity index (χ0v) is 19.9. The van der Waals surface area contributed by atoms with Crippen molar-refractivity contribution in [2.24, 2.45) is 0 Å². The normalized spacial score (nSPS) is 12.2. The lowest BCUT2D eigenvalue weighted by molar-refractivity contribution is 0.0492. The smallest absolute Gasteiger partial charge is 0.408 e. The first-order valence-corrected chi connectivity index (χ1v) is 11.1. The molecule has 0 radical (unpaired) electrons. The van der Waals surface area contributed by atoms with Crippen molar-refractivity contribution in [3.63, 3.8) is 0 Å². The molecule has 0 fully saturated rings. The molecule has 3 rings (SSSR count). The Hall–Kier alpha value is -3.69. The van der Waals surface area contributed by atoms with Crippen molar-refractivity contribution in [2.45, 2.75) is 64.5 Å². The molecule has 1 amide bonds. The number of aromatic nitrogens is 3. The third kappa shape index (κ3) is 7.16. The summed E-state index contributed by atoms with van der Waals surface area (Å²) in [5.74, 6) is 1.24. The second kappa shape index (κ2) is 11.4. The Morgan fingerprint density at radius 1 is 1.12 bits per heavy atom. The van der Waals surface area contributed by atoms with Gasteiger partial charge in [-0.05, 0) is 45.7 Å². The fourth-order valence-corrected chi connectivity index (χ4v) is 3.30. The zero-order chi connectivity index (χ0) is 24.6. The topological polar surface area (TPSA) is 130 Å². The van der Waals surface area contributed by atoms with Gasteiger partial charge in [-0.25, -0.2) is 19.7 Å². The Morgan fingerprint density at radius 2 is 1.94 bits per heavy atom. The van der Waals surface area contributed by atoms with Gasteiger partial charge in [0.1, 0.15) is 17.9 Å². The molecular formula is C24H30N4O6. The lowest BCUT2D eigenvalue weighted by atomic mass is 10.1. The van der Waals surface area contributed by atoms with E-state index in [9.17, 15) is 9.59 Å². The average molecular weight is 471 g/mol. The van der Waals surface area contributed by atoms with E-state index < -0.39 is 17.7 Å². The Morgan fingerprint density at radius 3 is 2.65 bits per heavy atom. The molecule has 0 aliphatic carbocycles. The van der Waals surface area contributed by atoms with E-state index in [4.69, 9.17) is 18.3 Å². The largest absolute Gasteiger partial charge is 0.480 e. The highest BCUT2D eigenvalue weighted by molar-refractivity contribution is 5.91. The van der Waals surface area contributed by atoms with Crippen LogP contribution in [0.15, 0.2) is 45.8 Å². The van der Waals surface area contributed by atoms with Crippen molar-refractivity contribution in [3.05, 3.63) is 48.8 Å². The highest BCUT2D eigenvalue weighted by Gasteiger charge is 2.24. The number of alkyl carbamates (subject to hydrolysis) is 1. The molecule has 0 aromatic carbocycles. The molecule has 0 saturated heterocycles. The van der Waals surface area contributed by atoms with Gasteiger partial charge in [0, 0.05) is 12.6 Å². The SMILES string of the molecule is COc1ncccc1-c1cnc([C@H](CCCCCC(=O)c2ncco2)NC(=O)OC(C)(C)C)o1. The van der Waals surface area contributed by atoms with Crippen LogP contribution in [-0.2, 0) is 4.74 Å². The number of hydrogen-bond acceptors (Lipinski definition) is 9. The van der Waals surface area contributed by atoms with Crippen LogP contribution in [0.25, 0.3) is 11.3 Å². The molecule has 0 unspecified atom stereocenters. The first-order valence-electron chi connectivity index (χ1n) is 11.1. The molecule has 182 valence electrons. The summed E-state index contributed by atoms with van der Waals surface area (Å²) in [5.41, 5.74) is 0.0181. The highest BCUT2D eigenvalue weighted by atomic mass is 16.6. The number of amides is 1. The van der Waals surface area contributed by atoms with Crippen molar-refractivity contribution in [2.75, 3.05) is 7.11 Å². The van der Waals surface area contributed by atoms with Crippen LogP contribution in [0, 0.1) is 0 Å². The van der Waals surface area contributed by atoms with Crippen molar-refractivity contribution in [1.82, 2.24) is 20.3 Å². The van der Waals surface area contributed by atoms with Gasteiger partial charge >= 0.3 is 6.09 Å². The number of ether oxygens (including phenoxy) is 2. The molecule has 3 aromatic heterocycles. The van der Waals surface area contributed by atoms with E-state index in [2.05, 4.69) is 20.3 Å². The number of nitrogens with zero attached hydrogens (tertiary/aromatic N) is 3. The van der Waals surface area contributed by atoms with E-state index in [0.717, 1.165) is 12.8 Å². The molecule has 10 nitrogen and oxygen atoms in total. The summed E-state index contributed by atoms with van der Waals surface area (Å²) in [7, 11) is 1.53. The van der Waals surface area contributed by atoms with E-state index in [1.54, 1.807) is 39.2 Å². The van der Waals surface area contributed by atoms with Gasteiger partial charge < -0.3 is 23.6 Å². The van der Waals surface area contributed by atoms with E-state index in [0.29, 0.717) is 42.4 Å². The van der Waals surface area contributed by atoms with Crippen molar-refractivity contribution >= 4 is 11.9 Å². The fraction of sp³-hybridized carbons (Fsp3) is 0.458. The predicted molar refractivity (Wildman–Crippen MR) is 122 cm³/mol. The average Bonchev–Trinajstić information content (AvgIpc) is 3.49. The van der Waals surface area contributed by atoms with E-state index in [1.165, 1.54) is 19.6 Å². The summed E-state index contributed by atoms with van der Waals surface area (Å²) < 4.78 is 21.7. The molecule has 1 N–H and O–H groups in total. The molecule has 3 heterocycles. The summed E-state index contributed by atoms with van der Waals surface area (Å²) in [6, 6.07) is 3.08. The lowest BCUT2D eigenvalue weighted by Gasteiger charge is -2.22. The second-order valence-corrected chi connectivity index (χ2v) is 8.68. The molecule has 10 heteroatoms. The van der Waals surface area contributed by atoms with Gasteiger partial charge in [-0.1, -0.05) is 12.8 Å². The quantitative estimate of drug-likeness (QED) is 0.299. The lowest BCUT2D eigenvalue weighted by Crippen LogP contribution is -2.35. The minimum atomic E-state index is -0.639. The molecule has 1 atom stereocenters. The minimum Gasteiger partial charge on any atom is -0.480 e. The van der Waals surface area contributed by atoms with E-state index in [-0.39, 0.29) is 11.7 Å². The van der Waals surface area contributed by atoms with Gasteiger partial charge in [0.25, 0.3) is 5.89 Å². The maximum atomic E-state index is 12.4. The van der Waals surface area contributed by atoms with Gasteiger partial charge in [-0.3, -0.25) is 4.79 Å². The van der Waals surface area contributed by atoms with Crippen LogP contribution >= 0.6 is 0 Å². The summed E-state index contributed by atoms with van der Waals surface area (Å²) in [6.45, 7) is 5.39. The van der Waals surface area contributed by atoms with Crippen LogP contribution in [0.4, 0.5) is 4.79 Å². The van der Waals surface area contributed by atoms with Crippen LogP contribution in [0.1, 0.15) is 75.5 Å². The number of carbonyl (C=O) groups is 2. The number of hydrogen-bond donors (Lipinski definition) is 1. The molecule has 0 aliphatic rings. The van der Waals surface area contributed by atoms with Crippen LogP contribution in [0.3, 0.4) is 0 Å². The standard InChI is InChI=1S/C24H30N4O6/c1-24(2,3)34-23(30)28-17(10-6-5-7-11-18(29)22-26-13-14-32-22)21-27-15-19(33-21)16-9-8-12-25-20(16)31-4/h8-9,12-15,17H,5-7,10-11H2,1-4H3,(H,28,30)/t17-/m0/s1. The third-order valence-corrected chi connectivity index (χ3v) is 4.81. The Balaban J connectivity index is 1.64. The predicted octanol–water partition coefficient (Wildman–Crippen LogP) is 5.13. The number of methoxy groups -OCH3 is 1. The summed E-state index contributed by atoms with van der Waals surface area (Å²) in [4.78, 5) is 36.9. The van der Waals surface area contributed by atoms with Crippen LogP contribution in [0.5, 0.6) is 5.88 Å². The summed E-state index contributed by atoms with van der Waals surface area (Å²) in [5, 5.41) is 2.85. The molecule has 0 aliphatic heterocycles. The zero-order valence-electron chi connectivity index (χ0n) is 19.9. The van der Waals surface area contributed by atoms with Crippen LogP contribution in [0.2, 0.25) is 0 Å². The fourth-order valence-electron chi connectivity index (χ4n) is 3.30. The number of carbonyl (C=O) groups excluding carboxylic acids is 2. The first kappa shape index (κ1) is 24.9. The molecule has 0 saturated carbocycles. The molecule has 34 heavy (non-hydrogen) atoms. The number of pyridine rings is 1. The second-order valence-electron chi connectivity index (χ2n) is 8.68. The molecule has 0 bridgehead atoms. The third-order valence-electron chi connectivity index (χ3n) is 4.81. The Bertz CT molecular complexity index is 1070. The maximum absolute atomic E-state index is 12.4. The number of ketones is 1. The van der Waals surface area contributed by atoms with Gasteiger partial charge in [0.2, 0.25) is 17.6 Å². The number of oxazole rings is 2. The van der Waals surface area contributed by atoms with E-state index >= 15 is 0 Å². The van der Waals surface area contributed by atoms with Crippen molar-refractivity contribution in [1.29, 1.82) is 0 Å². The monoisotopic (exact) mass is 470 g/mol. The Labute approximate surface area is 198 Å². The van der Waals surface area contributed by atoms with Gasteiger partial charge in [-0.2, -0.15) is 0 Å². The molecule has 3 aromatic rings. The highest BCUT2D eigenvalue weighted by Crippen LogP contribution is 2.30. The maximum Gasteiger partial charge on any atom is 0.408 e. The number of nitrogens with one attached hydrogen (secondary N) is 1. The Kier molecular flexibility index (Phi) is 8.39. The molecule has 0 spiro atoms. The first-order chi connectivity index (χ1) is 16.3. The van der Waals surface area contributed by atoms with Gasteiger partial charge in [-0.15, -0.1) is 0 Å². The number of rotatable bonds is 11. The summed E-state index contributed by atoms with van der Waals surface area (Å²) in [6.07, 6.45) is 8.53. The number of Topliss-reactive ketones (excluding diaryl/α,β-unsaturated/α-hetero) is 1. The van der Waals surface area contributed by atoms with Crippen LogP contribution < -0.4 is 10.1 Å². The van der Waals surface area contributed by atoms with Crippen LogP contribution in [-0.4, -0.2) is 39.5 Å². The summed E-state index contributed by atoms with van der Waals surface area (Å²) >= 11 is 0. The van der Waals surface area contributed by atoms with E-state index in [1.807, 2.05) is 6.07 Å². The minimum absolute atomic E-state index is 0.127. The van der Waals surface area contributed by atoms with Gasteiger partial charge in [0.05, 0.1) is 25.1 Å². The van der Waals surface area contributed by atoms with Crippen molar-refractivity contribution in [3.8, 4) is 17.2 Å². The molecular weight excluding hydrogens is 440 g/mol.